The van der Waals surface area contributed by atoms with Crippen LogP contribution in [0.15, 0.2) is 36.4 Å². The lowest BCUT2D eigenvalue weighted by Crippen LogP contribution is -1.92. The zero-order valence-corrected chi connectivity index (χ0v) is 10.8. The van der Waals surface area contributed by atoms with Crippen LogP contribution in [0.1, 0.15) is 25.0 Å². The van der Waals surface area contributed by atoms with Gasteiger partial charge in [0.25, 0.3) is 0 Å². The van der Waals surface area contributed by atoms with E-state index in [1.165, 1.54) is 5.56 Å². The third kappa shape index (κ3) is 2.33. The largest absolute Gasteiger partial charge is 0.508 e. The number of aryl methyl sites for hydroxylation is 2. The zero-order chi connectivity index (χ0) is 13.1. The summed E-state index contributed by atoms with van der Waals surface area (Å²) in [5.74, 6) is 0.571. The Balaban J connectivity index is 2.60. The minimum absolute atomic E-state index is 0.244. The molecule has 2 aromatic carbocycles. The lowest BCUT2D eigenvalue weighted by Gasteiger charge is -2.12. The minimum atomic E-state index is 0.244. The van der Waals surface area contributed by atoms with Crippen LogP contribution in [0.2, 0.25) is 0 Å². The fourth-order valence-electron chi connectivity index (χ4n) is 2.20. The van der Waals surface area contributed by atoms with Crippen molar-refractivity contribution < 1.29 is 10.2 Å². The molecule has 0 atom stereocenters. The summed E-state index contributed by atoms with van der Waals surface area (Å²) in [6.07, 6.45) is 1.72. The molecule has 0 aliphatic rings. The first kappa shape index (κ1) is 12.5. The van der Waals surface area contributed by atoms with E-state index in [0.717, 1.165) is 29.5 Å². The van der Waals surface area contributed by atoms with E-state index in [-0.39, 0.29) is 5.75 Å². The predicted molar refractivity (Wildman–Crippen MR) is 74.0 cm³/mol. The lowest BCUT2D eigenvalue weighted by atomic mass is 9.94. The Morgan fingerprint density at radius 1 is 0.889 bits per heavy atom. The van der Waals surface area contributed by atoms with Crippen molar-refractivity contribution >= 4 is 0 Å². The number of hydrogen-bond acceptors (Lipinski definition) is 2. The molecule has 0 fully saturated rings. The fraction of sp³-hybridized carbons (Fsp3) is 0.250. The third-order valence-corrected chi connectivity index (χ3v) is 3.22. The quantitative estimate of drug-likeness (QED) is 0.857. The molecule has 0 aliphatic carbocycles. The van der Waals surface area contributed by atoms with Crippen LogP contribution in [0.25, 0.3) is 11.1 Å². The molecular weight excluding hydrogens is 224 g/mol. The SMILES string of the molecule is CCc1cc(CC)c(-c2cccc(O)c2)cc1O. The first-order valence-electron chi connectivity index (χ1n) is 6.29. The Morgan fingerprint density at radius 3 is 2.22 bits per heavy atom. The van der Waals surface area contributed by atoms with E-state index in [1.807, 2.05) is 19.1 Å². The third-order valence-electron chi connectivity index (χ3n) is 3.22. The molecule has 2 rings (SSSR count). The normalized spacial score (nSPS) is 10.6. The van der Waals surface area contributed by atoms with Gasteiger partial charge in [-0.3, -0.25) is 0 Å². The molecule has 0 bridgehead atoms. The minimum Gasteiger partial charge on any atom is -0.508 e. The van der Waals surface area contributed by atoms with Gasteiger partial charge >= 0.3 is 0 Å². The molecule has 0 radical (unpaired) electrons. The molecule has 0 saturated heterocycles. The second kappa shape index (κ2) is 5.13. The second-order valence-corrected chi connectivity index (χ2v) is 4.40. The van der Waals surface area contributed by atoms with E-state index < -0.39 is 0 Å². The van der Waals surface area contributed by atoms with Gasteiger partial charge in [-0.05, 0) is 53.3 Å². The number of benzene rings is 2. The Labute approximate surface area is 108 Å². The van der Waals surface area contributed by atoms with Crippen molar-refractivity contribution in [1.29, 1.82) is 0 Å². The summed E-state index contributed by atoms with van der Waals surface area (Å²) in [6.45, 7) is 4.13. The molecule has 94 valence electrons. The van der Waals surface area contributed by atoms with Gasteiger partial charge in [-0.15, -0.1) is 0 Å². The molecule has 2 heteroatoms. The van der Waals surface area contributed by atoms with Crippen LogP contribution in [-0.4, -0.2) is 10.2 Å². The van der Waals surface area contributed by atoms with Gasteiger partial charge in [0, 0.05) is 0 Å². The highest BCUT2D eigenvalue weighted by Gasteiger charge is 2.09. The van der Waals surface area contributed by atoms with Gasteiger partial charge in [0.1, 0.15) is 11.5 Å². The Hall–Kier alpha value is -1.96. The molecule has 2 N–H and O–H groups in total. The van der Waals surface area contributed by atoms with Crippen LogP contribution in [0, 0.1) is 0 Å². The smallest absolute Gasteiger partial charge is 0.119 e. The van der Waals surface area contributed by atoms with Crippen LogP contribution >= 0.6 is 0 Å². The van der Waals surface area contributed by atoms with Crippen molar-refractivity contribution in [2.24, 2.45) is 0 Å². The Kier molecular flexibility index (Phi) is 3.56. The summed E-state index contributed by atoms with van der Waals surface area (Å²) in [4.78, 5) is 0. The number of phenols is 2. The molecule has 2 nitrogen and oxygen atoms in total. The maximum atomic E-state index is 9.98. The molecule has 2 aromatic rings. The van der Waals surface area contributed by atoms with E-state index >= 15 is 0 Å². The zero-order valence-electron chi connectivity index (χ0n) is 10.8. The molecule has 0 saturated carbocycles. The molecule has 0 aliphatic heterocycles. The molecule has 0 unspecified atom stereocenters. The molecule has 18 heavy (non-hydrogen) atoms. The van der Waals surface area contributed by atoms with Crippen molar-refractivity contribution in [2.45, 2.75) is 26.7 Å². The fourth-order valence-corrected chi connectivity index (χ4v) is 2.20. The van der Waals surface area contributed by atoms with Crippen molar-refractivity contribution in [3.05, 3.63) is 47.5 Å². The highest BCUT2D eigenvalue weighted by molar-refractivity contribution is 5.71. The van der Waals surface area contributed by atoms with Crippen molar-refractivity contribution in [3.63, 3.8) is 0 Å². The van der Waals surface area contributed by atoms with Crippen LogP contribution < -0.4 is 0 Å². The molecule has 0 aromatic heterocycles. The summed E-state index contributed by atoms with van der Waals surface area (Å²) < 4.78 is 0. The molecule has 0 amide bonds. The number of phenolic OH excluding ortho intramolecular Hbond substituents is 2. The summed E-state index contributed by atoms with van der Waals surface area (Å²) in [7, 11) is 0. The van der Waals surface area contributed by atoms with E-state index in [2.05, 4.69) is 13.0 Å². The summed E-state index contributed by atoms with van der Waals surface area (Å²) in [5, 5.41) is 19.5. The monoisotopic (exact) mass is 242 g/mol. The average molecular weight is 242 g/mol. The highest BCUT2D eigenvalue weighted by Crippen LogP contribution is 2.32. The molecule has 0 spiro atoms. The predicted octanol–water partition coefficient (Wildman–Crippen LogP) is 3.89. The van der Waals surface area contributed by atoms with Gasteiger partial charge in [-0.2, -0.15) is 0 Å². The average Bonchev–Trinajstić information content (AvgIpc) is 2.38. The van der Waals surface area contributed by atoms with Gasteiger partial charge < -0.3 is 10.2 Å². The first-order chi connectivity index (χ1) is 8.65. The lowest BCUT2D eigenvalue weighted by molar-refractivity contribution is 0.468. The van der Waals surface area contributed by atoms with Crippen LogP contribution in [0.4, 0.5) is 0 Å². The van der Waals surface area contributed by atoms with E-state index in [9.17, 15) is 10.2 Å². The standard InChI is InChI=1S/C16H18O2/c1-3-11-8-12(4-2)16(18)10-15(11)13-6-5-7-14(17)9-13/h5-10,17-18H,3-4H2,1-2H3. The molecule has 0 heterocycles. The summed E-state index contributed by atoms with van der Waals surface area (Å²) in [6, 6.07) is 11.0. The van der Waals surface area contributed by atoms with Crippen LogP contribution in [0.5, 0.6) is 11.5 Å². The Bertz CT molecular complexity index is 559. The van der Waals surface area contributed by atoms with Crippen molar-refractivity contribution in [1.82, 2.24) is 0 Å². The van der Waals surface area contributed by atoms with Gasteiger partial charge in [0.2, 0.25) is 0 Å². The van der Waals surface area contributed by atoms with E-state index in [1.54, 1.807) is 18.2 Å². The van der Waals surface area contributed by atoms with Crippen LogP contribution in [0.3, 0.4) is 0 Å². The van der Waals surface area contributed by atoms with Gasteiger partial charge in [-0.1, -0.05) is 32.0 Å². The van der Waals surface area contributed by atoms with Gasteiger partial charge in [0.15, 0.2) is 0 Å². The van der Waals surface area contributed by atoms with Gasteiger partial charge in [0.05, 0.1) is 0 Å². The maximum Gasteiger partial charge on any atom is 0.119 e. The number of hydrogen-bond donors (Lipinski definition) is 2. The number of aromatic hydroxyl groups is 2. The van der Waals surface area contributed by atoms with Crippen molar-refractivity contribution in [2.75, 3.05) is 0 Å². The topological polar surface area (TPSA) is 40.5 Å². The first-order valence-corrected chi connectivity index (χ1v) is 6.29. The van der Waals surface area contributed by atoms with Crippen molar-refractivity contribution in [3.8, 4) is 22.6 Å². The van der Waals surface area contributed by atoms with Crippen LogP contribution in [-0.2, 0) is 12.8 Å². The molecular formula is C16H18O2. The van der Waals surface area contributed by atoms with Gasteiger partial charge in [-0.25, -0.2) is 0 Å². The second-order valence-electron chi connectivity index (χ2n) is 4.40. The number of rotatable bonds is 3. The van der Waals surface area contributed by atoms with E-state index in [4.69, 9.17) is 0 Å². The summed E-state index contributed by atoms with van der Waals surface area (Å²) in [5.41, 5.74) is 4.08. The Morgan fingerprint density at radius 2 is 1.61 bits per heavy atom. The van der Waals surface area contributed by atoms with E-state index in [0.29, 0.717) is 5.75 Å². The maximum absolute atomic E-state index is 9.98. The summed E-state index contributed by atoms with van der Waals surface area (Å²) >= 11 is 0. The highest BCUT2D eigenvalue weighted by atomic mass is 16.3.